The molecule has 0 aromatic heterocycles. The van der Waals surface area contributed by atoms with Crippen molar-refractivity contribution in [3.8, 4) is 6.07 Å². The fourth-order valence-electron chi connectivity index (χ4n) is 12.1. The average Bonchev–Trinajstić information content (AvgIpc) is 3.67. The quantitative estimate of drug-likeness (QED) is 0.103. The van der Waals surface area contributed by atoms with Crippen LogP contribution in [-0.4, -0.2) is 105 Å². The van der Waals surface area contributed by atoms with Gasteiger partial charge in [-0.3, -0.25) is 9.59 Å². The van der Waals surface area contributed by atoms with Gasteiger partial charge in [-0.15, -0.1) is 0 Å². The minimum atomic E-state index is -1.42. The Labute approximate surface area is 362 Å². The fourth-order valence-corrected chi connectivity index (χ4v) is 12.1. The number of aliphatic carboxylic acids is 1. The number of rotatable bonds is 14. The second kappa shape index (κ2) is 17.7. The van der Waals surface area contributed by atoms with E-state index in [0.717, 1.165) is 6.42 Å². The zero-order valence-electron chi connectivity index (χ0n) is 38.2. The molecule has 4 N–H and O–H groups in total. The molecule has 6 rings (SSSR count). The largest absolute Gasteiger partial charge is 0.481 e. The molecule has 1 saturated carbocycles. The van der Waals surface area contributed by atoms with Gasteiger partial charge in [0.15, 0.2) is 11.6 Å². The van der Waals surface area contributed by atoms with E-state index in [1.54, 1.807) is 6.92 Å². The lowest BCUT2D eigenvalue weighted by Gasteiger charge is -2.55. The number of hydrogen-bond donors (Lipinski definition) is 4. The Bertz CT molecular complexity index is 1700. The monoisotopic (exact) mass is 859 g/mol. The van der Waals surface area contributed by atoms with E-state index in [0.29, 0.717) is 64.2 Å². The normalized spacial score (nSPS) is 45.2. The molecular weight excluding hydrogens is 785 g/mol. The van der Waals surface area contributed by atoms with Crippen LogP contribution in [0.2, 0.25) is 0 Å². The van der Waals surface area contributed by atoms with Gasteiger partial charge in [0.05, 0.1) is 65.7 Å². The smallest absolute Gasteiger partial charge is 0.407 e. The summed E-state index contributed by atoms with van der Waals surface area (Å²) in [5.41, 5.74) is -3.22. The highest BCUT2D eigenvalue weighted by molar-refractivity contribution is 5.84. The Hall–Kier alpha value is -2.64. The van der Waals surface area contributed by atoms with Gasteiger partial charge in [-0.1, -0.05) is 61.5 Å². The van der Waals surface area contributed by atoms with Crippen LogP contribution in [0.15, 0.2) is 12.2 Å². The van der Waals surface area contributed by atoms with Crippen molar-refractivity contribution in [2.75, 3.05) is 6.61 Å². The first-order valence-corrected chi connectivity index (χ1v) is 23.2. The van der Waals surface area contributed by atoms with Crippen LogP contribution in [0.3, 0.4) is 0 Å². The number of alkyl carbamates (subject to hydrolysis) is 1. The molecule has 5 heterocycles. The van der Waals surface area contributed by atoms with E-state index in [-0.39, 0.29) is 42.7 Å². The lowest BCUT2D eigenvalue weighted by Crippen LogP contribution is -2.65. The Morgan fingerprint density at radius 2 is 1.67 bits per heavy atom. The van der Waals surface area contributed by atoms with Crippen LogP contribution in [0.4, 0.5) is 4.79 Å². The van der Waals surface area contributed by atoms with Gasteiger partial charge in [-0.2, -0.15) is 5.26 Å². The SMILES string of the molecule is CC[C@@H](C(=O)[C@@H](C)[C@@H](O)C1(C)C[C@]12O[C@@H]([C@@H](CC)C(=O)O)CC[C@@H]2C)[C@H]1O[C@]2(C=C[C@@H](NC(=O)OCCC#N)[C@]3(CC[C@@](C)([C@H]4CC[C@](O)(CC)[C@H](C)O4)O3)O2)[C@H](C)C[C@@H]1C. The third kappa shape index (κ3) is 8.44. The molecule has 0 aromatic rings. The first kappa shape index (κ1) is 47.8. The van der Waals surface area contributed by atoms with Crippen LogP contribution in [0.25, 0.3) is 0 Å². The van der Waals surface area contributed by atoms with E-state index in [1.165, 1.54) is 0 Å². The molecule has 5 fully saturated rings. The van der Waals surface area contributed by atoms with Crippen LogP contribution >= 0.6 is 0 Å². The summed E-state index contributed by atoms with van der Waals surface area (Å²) in [6.07, 6.45) is 6.29. The molecule has 14 nitrogen and oxygen atoms in total. The number of carboxylic acids is 1. The Balaban J connectivity index is 1.24. The van der Waals surface area contributed by atoms with Gasteiger partial charge in [-0.05, 0) is 96.0 Å². The molecule has 3 spiro atoms. The van der Waals surface area contributed by atoms with Crippen molar-refractivity contribution in [1.82, 2.24) is 5.32 Å². The number of ketones is 1. The van der Waals surface area contributed by atoms with Gasteiger partial charge in [-0.25, -0.2) is 4.79 Å². The highest BCUT2D eigenvalue weighted by atomic mass is 16.8. The van der Waals surface area contributed by atoms with Crippen molar-refractivity contribution >= 4 is 17.8 Å². The molecular formula is C47H74N2O12. The molecule has 1 aliphatic carbocycles. The molecule has 61 heavy (non-hydrogen) atoms. The molecule has 6 aliphatic rings. The summed E-state index contributed by atoms with van der Waals surface area (Å²) in [6, 6.07) is 1.18. The molecule has 344 valence electrons. The minimum Gasteiger partial charge on any atom is -0.481 e. The molecule has 14 heteroatoms. The lowest BCUT2D eigenvalue weighted by molar-refractivity contribution is -0.398. The summed E-state index contributed by atoms with van der Waals surface area (Å²) in [7, 11) is 0. The number of Topliss-reactive ketones (excluding diaryl/α,β-unsaturated/α-hetero) is 1. The molecule has 1 unspecified atom stereocenters. The number of aliphatic hydroxyl groups is 2. The molecule has 0 radical (unpaired) electrons. The third-order valence-corrected chi connectivity index (χ3v) is 16.5. The van der Waals surface area contributed by atoms with Gasteiger partial charge in [0.2, 0.25) is 0 Å². The standard InChI is InChI=1S/C47H74N2O12/c1-11-32(40(52)53)34-16-15-28(5)45(58-34)26-42(45,9)39(51)30(7)37(50)33(12-2)38-27(4)25-29(6)46(59-38)20-17-35(49-41(54)56-24-14-23-48)47(61-46)22-21-43(10,60-47)36-18-19-44(55,13-3)31(8)57-36/h17,20,27-36,38-39,51,55H,11-16,18-19,21-22,24-26H2,1-10H3,(H,49,54)(H,52,53)/t27-,28-,29+,30+,31-,32+,33-,34+,35+,36+,38-,39+,42?,43-,44+,45+,46-,47-/m0/s1. The molecule has 4 saturated heterocycles. The molecule has 1 amide bonds. The average molecular weight is 859 g/mol. The van der Waals surface area contributed by atoms with Gasteiger partial charge >= 0.3 is 12.1 Å². The summed E-state index contributed by atoms with van der Waals surface area (Å²) in [5, 5.41) is 45.2. The molecule has 0 aromatic carbocycles. The highest BCUT2D eigenvalue weighted by Crippen LogP contribution is 2.68. The highest BCUT2D eigenvalue weighted by Gasteiger charge is 2.74. The summed E-state index contributed by atoms with van der Waals surface area (Å²) < 4.78 is 39.9. The Kier molecular flexibility index (Phi) is 13.9. The van der Waals surface area contributed by atoms with Crippen molar-refractivity contribution in [2.45, 2.75) is 211 Å². The van der Waals surface area contributed by atoms with Crippen LogP contribution < -0.4 is 5.32 Å². The first-order valence-electron chi connectivity index (χ1n) is 23.2. The number of ether oxygens (including phenoxy) is 6. The van der Waals surface area contributed by atoms with Crippen molar-refractivity contribution in [1.29, 1.82) is 5.26 Å². The molecule has 18 atom stereocenters. The number of aliphatic hydroxyl groups excluding tert-OH is 1. The predicted octanol–water partition coefficient (Wildman–Crippen LogP) is 6.98. The predicted molar refractivity (Wildman–Crippen MR) is 224 cm³/mol. The van der Waals surface area contributed by atoms with Crippen molar-refractivity contribution < 1.29 is 58.1 Å². The molecule has 5 aliphatic heterocycles. The summed E-state index contributed by atoms with van der Waals surface area (Å²) >= 11 is 0. The van der Waals surface area contributed by atoms with E-state index < -0.39 is 94.1 Å². The number of carbonyl (C=O) groups excluding carboxylic acids is 2. The Morgan fingerprint density at radius 3 is 2.30 bits per heavy atom. The van der Waals surface area contributed by atoms with Crippen molar-refractivity contribution in [3.63, 3.8) is 0 Å². The summed E-state index contributed by atoms with van der Waals surface area (Å²) in [6.45, 7) is 19.6. The zero-order valence-corrected chi connectivity index (χ0v) is 38.2. The van der Waals surface area contributed by atoms with Crippen LogP contribution in [0.5, 0.6) is 0 Å². The van der Waals surface area contributed by atoms with Crippen molar-refractivity contribution in [3.05, 3.63) is 12.2 Å². The van der Waals surface area contributed by atoms with Crippen LogP contribution in [-0.2, 0) is 38.0 Å². The fraction of sp³-hybridized carbons (Fsp3) is 0.872. The maximum Gasteiger partial charge on any atom is 0.407 e. The summed E-state index contributed by atoms with van der Waals surface area (Å²) in [5.74, 6) is -5.85. The second-order valence-corrected chi connectivity index (χ2v) is 20.2. The van der Waals surface area contributed by atoms with Gasteiger partial charge in [0.25, 0.3) is 0 Å². The van der Waals surface area contributed by atoms with E-state index in [1.807, 2.05) is 59.8 Å². The third-order valence-electron chi connectivity index (χ3n) is 16.5. The topological polar surface area (TPSA) is 203 Å². The van der Waals surface area contributed by atoms with E-state index in [9.17, 15) is 29.7 Å². The number of carbonyl (C=O) groups is 3. The number of nitrogens with zero attached hydrogens (tertiary/aromatic N) is 1. The number of nitriles is 1. The lowest BCUT2D eigenvalue weighted by atomic mass is 9.72. The first-order chi connectivity index (χ1) is 28.6. The van der Waals surface area contributed by atoms with Gasteiger partial charge in [0, 0.05) is 29.6 Å². The number of carboxylic acid groups (broad SMARTS) is 1. The zero-order chi connectivity index (χ0) is 44.9. The van der Waals surface area contributed by atoms with E-state index in [2.05, 4.69) is 26.1 Å². The van der Waals surface area contributed by atoms with Gasteiger partial charge in [0.1, 0.15) is 18.4 Å². The maximum atomic E-state index is 14.8. The van der Waals surface area contributed by atoms with Crippen LogP contribution in [0.1, 0.15) is 146 Å². The number of hydrogen-bond acceptors (Lipinski definition) is 12. The number of nitrogens with one attached hydrogen (secondary N) is 1. The molecule has 0 bridgehead atoms. The van der Waals surface area contributed by atoms with E-state index >= 15 is 0 Å². The van der Waals surface area contributed by atoms with Crippen molar-refractivity contribution in [2.24, 2.45) is 40.9 Å². The number of amides is 1. The Morgan fingerprint density at radius 1 is 0.967 bits per heavy atom. The van der Waals surface area contributed by atoms with E-state index in [4.69, 9.17) is 33.7 Å². The van der Waals surface area contributed by atoms with Gasteiger partial charge < -0.3 is 49.1 Å². The van der Waals surface area contributed by atoms with Crippen LogP contribution in [0, 0.1) is 52.3 Å². The maximum absolute atomic E-state index is 14.8. The summed E-state index contributed by atoms with van der Waals surface area (Å²) in [4.78, 5) is 40.0. The minimum absolute atomic E-state index is 0.0470. The second-order valence-electron chi connectivity index (χ2n) is 20.2.